The number of aromatic nitrogens is 3. The van der Waals surface area contributed by atoms with Crippen LogP contribution >= 0.6 is 0 Å². The molecule has 0 amide bonds. The molecule has 0 unspecified atom stereocenters. The maximum absolute atomic E-state index is 12.7. The summed E-state index contributed by atoms with van der Waals surface area (Å²) in [5, 5.41) is 3.64. The van der Waals surface area contributed by atoms with Gasteiger partial charge in [-0.25, -0.2) is 13.4 Å². The fourth-order valence-corrected chi connectivity index (χ4v) is 4.04. The van der Waals surface area contributed by atoms with E-state index in [1.807, 2.05) is 32.0 Å². The monoisotopic (exact) mass is 331 g/mol. The van der Waals surface area contributed by atoms with Crippen molar-refractivity contribution >= 4 is 9.84 Å². The van der Waals surface area contributed by atoms with Crippen LogP contribution in [-0.4, -0.2) is 23.1 Å². The minimum atomic E-state index is -3.62. The highest BCUT2D eigenvalue weighted by molar-refractivity contribution is 7.90. The zero-order valence-electron chi connectivity index (χ0n) is 13.1. The standard InChI is InChI=1S/C16H17N3O3S/c1-11-6-12(2)8-15(7-11)19-5-4-17-16(19)23(20,21)10-14-9-18-22-13(14)3/h4-9H,10H2,1-3H3. The van der Waals surface area contributed by atoms with Gasteiger partial charge in [0.05, 0.1) is 11.9 Å². The van der Waals surface area contributed by atoms with Gasteiger partial charge in [0.2, 0.25) is 15.0 Å². The van der Waals surface area contributed by atoms with Crippen LogP contribution in [0.4, 0.5) is 0 Å². The van der Waals surface area contributed by atoms with Crippen molar-refractivity contribution in [3.8, 4) is 5.69 Å². The Morgan fingerprint density at radius 2 is 1.83 bits per heavy atom. The van der Waals surface area contributed by atoms with E-state index in [0.717, 1.165) is 16.8 Å². The van der Waals surface area contributed by atoms with Gasteiger partial charge in [0.15, 0.2) is 0 Å². The van der Waals surface area contributed by atoms with Gasteiger partial charge < -0.3 is 4.52 Å². The summed E-state index contributed by atoms with van der Waals surface area (Å²) in [4.78, 5) is 4.06. The molecule has 0 bridgehead atoms. The van der Waals surface area contributed by atoms with E-state index < -0.39 is 9.84 Å². The van der Waals surface area contributed by atoms with Gasteiger partial charge in [-0.15, -0.1) is 0 Å². The van der Waals surface area contributed by atoms with Crippen LogP contribution in [0, 0.1) is 20.8 Å². The smallest absolute Gasteiger partial charge is 0.232 e. The topological polar surface area (TPSA) is 78.0 Å². The second kappa shape index (κ2) is 5.66. The number of hydrogen-bond acceptors (Lipinski definition) is 5. The molecule has 23 heavy (non-hydrogen) atoms. The molecule has 0 aliphatic heterocycles. The molecule has 3 rings (SSSR count). The average Bonchev–Trinajstić information content (AvgIpc) is 3.07. The number of imidazole rings is 1. The lowest BCUT2D eigenvalue weighted by molar-refractivity contribution is 0.396. The first-order valence-electron chi connectivity index (χ1n) is 7.12. The molecule has 6 nitrogen and oxygen atoms in total. The van der Waals surface area contributed by atoms with Crippen molar-refractivity contribution in [2.24, 2.45) is 0 Å². The van der Waals surface area contributed by atoms with E-state index in [2.05, 4.69) is 10.1 Å². The molecular weight excluding hydrogens is 314 g/mol. The van der Waals surface area contributed by atoms with Gasteiger partial charge in [0.25, 0.3) is 0 Å². The third-order valence-electron chi connectivity index (χ3n) is 3.57. The highest BCUT2D eigenvalue weighted by Crippen LogP contribution is 2.22. The molecule has 2 heterocycles. The maximum atomic E-state index is 12.7. The molecule has 0 saturated carbocycles. The fourth-order valence-electron chi connectivity index (χ4n) is 2.53. The second-order valence-electron chi connectivity index (χ2n) is 5.59. The summed E-state index contributed by atoms with van der Waals surface area (Å²) < 4.78 is 32.0. The number of rotatable bonds is 4. The Morgan fingerprint density at radius 3 is 2.43 bits per heavy atom. The molecule has 0 aliphatic carbocycles. The highest BCUT2D eigenvalue weighted by atomic mass is 32.2. The normalized spacial score (nSPS) is 11.8. The summed E-state index contributed by atoms with van der Waals surface area (Å²) >= 11 is 0. The zero-order chi connectivity index (χ0) is 16.6. The Balaban J connectivity index is 2.05. The van der Waals surface area contributed by atoms with E-state index in [9.17, 15) is 8.42 Å². The van der Waals surface area contributed by atoms with Crippen LogP contribution in [0.1, 0.15) is 22.5 Å². The summed E-state index contributed by atoms with van der Waals surface area (Å²) in [6.45, 7) is 5.64. The lowest BCUT2D eigenvalue weighted by Crippen LogP contribution is -2.12. The largest absolute Gasteiger partial charge is 0.361 e. The zero-order valence-corrected chi connectivity index (χ0v) is 14.0. The van der Waals surface area contributed by atoms with Crippen molar-refractivity contribution in [3.63, 3.8) is 0 Å². The molecule has 0 radical (unpaired) electrons. The van der Waals surface area contributed by atoms with E-state index >= 15 is 0 Å². The van der Waals surface area contributed by atoms with Gasteiger partial charge in [0.1, 0.15) is 5.76 Å². The summed E-state index contributed by atoms with van der Waals surface area (Å²) in [7, 11) is -3.62. The van der Waals surface area contributed by atoms with Crippen molar-refractivity contribution in [2.45, 2.75) is 31.7 Å². The summed E-state index contributed by atoms with van der Waals surface area (Å²) in [5.74, 6) is 0.308. The molecule has 0 fully saturated rings. The molecule has 0 saturated heterocycles. The summed E-state index contributed by atoms with van der Waals surface area (Å²) in [6, 6.07) is 5.89. The predicted octanol–water partition coefficient (Wildman–Crippen LogP) is 2.76. The summed E-state index contributed by atoms with van der Waals surface area (Å²) in [6.07, 6.45) is 4.57. The second-order valence-corrected chi connectivity index (χ2v) is 7.48. The molecule has 1 aromatic carbocycles. The molecule has 2 aromatic heterocycles. The van der Waals surface area contributed by atoms with Crippen molar-refractivity contribution in [2.75, 3.05) is 0 Å². The van der Waals surface area contributed by atoms with Crippen molar-refractivity contribution in [1.82, 2.24) is 14.7 Å². The van der Waals surface area contributed by atoms with Crippen molar-refractivity contribution < 1.29 is 12.9 Å². The predicted molar refractivity (Wildman–Crippen MR) is 85.2 cm³/mol. The van der Waals surface area contributed by atoms with Crippen LogP contribution < -0.4 is 0 Å². The third-order valence-corrected chi connectivity index (χ3v) is 5.11. The quantitative estimate of drug-likeness (QED) is 0.734. The number of sulfone groups is 1. The molecule has 0 aliphatic rings. The highest BCUT2D eigenvalue weighted by Gasteiger charge is 2.24. The molecule has 7 heteroatoms. The average molecular weight is 331 g/mol. The van der Waals surface area contributed by atoms with Gasteiger partial charge in [-0.05, 0) is 44.0 Å². The van der Waals surface area contributed by atoms with Crippen LogP contribution in [0.5, 0.6) is 0 Å². The van der Waals surface area contributed by atoms with Gasteiger partial charge in [-0.1, -0.05) is 11.2 Å². The molecule has 120 valence electrons. The Hall–Kier alpha value is -2.41. The number of hydrogen-bond donors (Lipinski definition) is 0. The maximum Gasteiger partial charge on any atom is 0.232 e. The SMILES string of the molecule is Cc1cc(C)cc(-n2ccnc2S(=O)(=O)Cc2cnoc2C)c1. The number of aryl methyl sites for hydroxylation is 3. The molecular formula is C16H17N3O3S. The first-order chi connectivity index (χ1) is 10.9. The minimum Gasteiger partial charge on any atom is -0.361 e. The van der Waals surface area contributed by atoms with Crippen LogP contribution in [0.3, 0.4) is 0 Å². The van der Waals surface area contributed by atoms with Gasteiger partial charge >= 0.3 is 0 Å². The number of nitrogens with zero attached hydrogens (tertiary/aromatic N) is 3. The Kier molecular flexibility index (Phi) is 3.81. The molecule has 0 N–H and O–H groups in total. The fraction of sp³-hybridized carbons (Fsp3) is 0.250. The Morgan fingerprint density at radius 1 is 1.13 bits per heavy atom. The first kappa shape index (κ1) is 15.5. The Labute approximate surface area is 134 Å². The van der Waals surface area contributed by atoms with Gasteiger partial charge in [-0.3, -0.25) is 4.57 Å². The van der Waals surface area contributed by atoms with Crippen LogP contribution in [-0.2, 0) is 15.6 Å². The lowest BCUT2D eigenvalue weighted by atomic mass is 10.1. The van der Waals surface area contributed by atoms with E-state index in [4.69, 9.17) is 4.52 Å². The van der Waals surface area contributed by atoms with E-state index in [0.29, 0.717) is 11.3 Å². The molecule has 0 spiro atoms. The Bertz CT molecular complexity index is 934. The third kappa shape index (κ3) is 3.05. The van der Waals surface area contributed by atoms with E-state index in [1.54, 1.807) is 17.7 Å². The first-order valence-corrected chi connectivity index (χ1v) is 8.77. The van der Waals surface area contributed by atoms with Gasteiger partial charge in [-0.2, -0.15) is 0 Å². The number of benzene rings is 1. The van der Waals surface area contributed by atoms with Gasteiger partial charge in [0, 0.05) is 23.6 Å². The minimum absolute atomic E-state index is 0.0168. The molecule has 3 aromatic rings. The van der Waals surface area contributed by atoms with E-state index in [-0.39, 0.29) is 10.9 Å². The summed E-state index contributed by atoms with van der Waals surface area (Å²) in [5.41, 5.74) is 3.44. The van der Waals surface area contributed by atoms with Crippen LogP contribution in [0.25, 0.3) is 5.69 Å². The van der Waals surface area contributed by atoms with Crippen molar-refractivity contribution in [1.29, 1.82) is 0 Å². The van der Waals surface area contributed by atoms with Crippen LogP contribution in [0.2, 0.25) is 0 Å². The van der Waals surface area contributed by atoms with E-state index in [1.165, 1.54) is 12.4 Å². The van der Waals surface area contributed by atoms with Crippen molar-refractivity contribution in [3.05, 3.63) is 59.2 Å². The molecule has 0 atom stereocenters. The lowest BCUT2D eigenvalue weighted by Gasteiger charge is -2.10. The van der Waals surface area contributed by atoms with Crippen LogP contribution in [0.15, 0.2) is 46.5 Å².